The molecule has 3 saturated heterocycles. The average molecular weight is 838 g/mol. The summed E-state index contributed by atoms with van der Waals surface area (Å²) in [4.78, 5) is 65.0. The molecule has 3 aliphatic rings. The lowest BCUT2D eigenvalue weighted by Crippen LogP contribution is -2.61. The molecule has 0 spiro atoms. The van der Waals surface area contributed by atoms with E-state index < -0.39 is 83.4 Å². The number of hydrogen-bond donors (Lipinski definition) is 1. The molecule has 0 radical (unpaired) electrons. The molecule has 5 rings (SSSR count). The lowest BCUT2D eigenvalue weighted by atomic mass is 9.72. The number of fused-ring (bicyclic) bond motifs is 1. The molecule has 60 heavy (non-hydrogen) atoms. The summed E-state index contributed by atoms with van der Waals surface area (Å²) in [6.07, 6.45) is 0.0703. The minimum Gasteiger partial charge on any atom is -0.494 e. The first kappa shape index (κ1) is 47.1. The number of esters is 1. The van der Waals surface area contributed by atoms with Crippen molar-refractivity contribution in [2.45, 2.75) is 141 Å². The number of methoxy groups -OCH3 is 1. The zero-order valence-corrected chi connectivity index (χ0v) is 37.3. The Kier molecular flexibility index (Phi) is 15.6. The van der Waals surface area contributed by atoms with E-state index in [2.05, 4.69) is 4.98 Å². The standard InChI is InChI=1S/C46H67N3O11/c1-12-36-46(13-2)40(49(44(54)60-46)22-15-23-56-34-19-17-32(18-20-34)33-16-14-21-47-26-33)29(5)37(50)27(3)25-45(8,55-11)41(30(6)38(51)31(7)42(53)58-36)59-43-39(52)35(48(9)10)24-28(4)57-43/h14,16-21,26-31,35-36,39-41,43,52H,12-13,15,22-25H2,1-11H3/t27-,28-,29+,30+,31-,35+,36-,39-,40-,41-,43?,45-,46-/m1/s1. The number of ketones is 2. The molecular formula is C46H67N3O11. The van der Waals surface area contributed by atoms with Crippen LogP contribution in [0.2, 0.25) is 0 Å². The number of nitrogens with zero attached hydrogens (tertiary/aromatic N) is 3. The molecule has 14 nitrogen and oxygen atoms in total. The maximum absolute atomic E-state index is 14.8. The largest absolute Gasteiger partial charge is 0.494 e. The maximum Gasteiger partial charge on any atom is 0.410 e. The van der Waals surface area contributed by atoms with E-state index in [-0.39, 0.29) is 50.3 Å². The number of benzene rings is 1. The molecule has 1 N–H and O–H groups in total. The summed E-state index contributed by atoms with van der Waals surface area (Å²) < 4.78 is 37.5. The van der Waals surface area contributed by atoms with Crippen LogP contribution in [0.1, 0.15) is 87.5 Å². The Morgan fingerprint density at radius 2 is 1.67 bits per heavy atom. The average Bonchev–Trinajstić information content (AvgIpc) is 3.53. The summed E-state index contributed by atoms with van der Waals surface area (Å²) in [6, 6.07) is 10.5. The van der Waals surface area contributed by atoms with Gasteiger partial charge in [0, 0.05) is 49.8 Å². The van der Waals surface area contributed by atoms with Gasteiger partial charge < -0.3 is 43.3 Å². The van der Waals surface area contributed by atoms with Crippen LogP contribution < -0.4 is 4.74 Å². The van der Waals surface area contributed by atoms with E-state index in [4.69, 9.17) is 28.4 Å². The van der Waals surface area contributed by atoms with Crippen molar-refractivity contribution in [1.82, 2.24) is 14.8 Å². The number of cyclic esters (lactones) is 1. The number of aliphatic hydroxyl groups is 1. The van der Waals surface area contributed by atoms with Crippen LogP contribution in [0.4, 0.5) is 4.79 Å². The molecule has 1 amide bonds. The highest BCUT2D eigenvalue weighted by molar-refractivity contribution is 6.00. The van der Waals surface area contributed by atoms with Gasteiger partial charge in [-0.2, -0.15) is 0 Å². The number of amides is 1. The van der Waals surface area contributed by atoms with Crippen molar-refractivity contribution >= 4 is 23.6 Å². The minimum atomic E-state index is -1.39. The van der Waals surface area contributed by atoms with Gasteiger partial charge in [-0.15, -0.1) is 0 Å². The van der Waals surface area contributed by atoms with Crippen molar-refractivity contribution < 1.29 is 52.7 Å². The van der Waals surface area contributed by atoms with Gasteiger partial charge in [-0.05, 0) is 96.3 Å². The fourth-order valence-corrected chi connectivity index (χ4v) is 9.70. The van der Waals surface area contributed by atoms with Gasteiger partial charge in [0.1, 0.15) is 29.7 Å². The van der Waals surface area contributed by atoms with Crippen LogP contribution in [0.5, 0.6) is 5.75 Å². The first-order valence-electron chi connectivity index (χ1n) is 21.5. The Labute approximate surface area is 355 Å². The Morgan fingerprint density at radius 3 is 2.27 bits per heavy atom. The highest BCUT2D eigenvalue weighted by Crippen LogP contribution is 2.45. The lowest BCUT2D eigenvalue weighted by Gasteiger charge is -2.47. The number of likely N-dealkylation sites (N-methyl/N-ethyl adjacent to an activating group) is 1. The summed E-state index contributed by atoms with van der Waals surface area (Å²) in [7, 11) is 5.24. The summed E-state index contributed by atoms with van der Waals surface area (Å²) in [6.45, 7) is 14.6. The number of aromatic nitrogens is 1. The van der Waals surface area contributed by atoms with Crippen molar-refractivity contribution in [3.8, 4) is 16.9 Å². The van der Waals surface area contributed by atoms with E-state index in [1.165, 1.54) is 14.0 Å². The molecule has 13 atom stereocenters. The number of carbonyl (C=O) groups excluding carboxylic acids is 4. The Balaban J connectivity index is 1.44. The molecule has 0 saturated carbocycles. The fraction of sp³-hybridized carbons (Fsp3) is 0.674. The number of carbonyl (C=O) groups is 4. The zero-order valence-electron chi connectivity index (χ0n) is 37.3. The van der Waals surface area contributed by atoms with Crippen LogP contribution in [-0.2, 0) is 38.1 Å². The molecule has 4 heterocycles. The number of aliphatic hydroxyl groups excluding tert-OH is 1. The SMILES string of the molecule is CC[C@H]1OC(=O)[C@H](C)C(=O)[C@H](C)[C@@H](OC2O[C@H](C)C[C@H](N(C)C)[C@H]2O)[C@](C)(OC)C[C@@H](C)C(=O)[C@H](C)[C@H]2N(CCCOc3ccc(-c4cccnc4)cc3)C(=O)O[C@]12CC. The van der Waals surface area contributed by atoms with Crippen molar-refractivity contribution in [3.63, 3.8) is 0 Å². The third-order valence-electron chi connectivity index (χ3n) is 13.2. The monoisotopic (exact) mass is 837 g/mol. The van der Waals surface area contributed by atoms with Crippen LogP contribution in [0.15, 0.2) is 48.8 Å². The molecule has 0 bridgehead atoms. The third-order valence-corrected chi connectivity index (χ3v) is 13.2. The quantitative estimate of drug-likeness (QED) is 0.148. The van der Waals surface area contributed by atoms with Gasteiger partial charge in [-0.1, -0.05) is 52.8 Å². The second kappa shape index (κ2) is 19.8. The van der Waals surface area contributed by atoms with Crippen LogP contribution in [-0.4, -0.2) is 132 Å². The summed E-state index contributed by atoms with van der Waals surface area (Å²) in [5.41, 5.74) is -0.670. The molecule has 332 valence electrons. The van der Waals surface area contributed by atoms with Crippen LogP contribution in [0.25, 0.3) is 11.1 Å². The minimum absolute atomic E-state index is 0.120. The van der Waals surface area contributed by atoms with E-state index in [1.807, 2.05) is 83.1 Å². The first-order chi connectivity index (χ1) is 28.4. The van der Waals surface area contributed by atoms with E-state index in [0.717, 1.165) is 11.1 Å². The van der Waals surface area contributed by atoms with Crippen molar-refractivity contribution in [3.05, 3.63) is 48.8 Å². The topological polar surface area (TPSA) is 163 Å². The predicted molar refractivity (Wildman–Crippen MR) is 224 cm³/mol. The Bertz CT molecular complexity index is 1780. The predicted octanol–water partition coefficient (Wildman–Crippen LogP) is 6.11. The van der Waals surface area contributed by atoms with Gasteiger partial charge in [-0.3, -0.25) is 19.4 Å². The maximum atomic E-state index is 14.8. The van der Waals surface area contributed by atoms with Crippen molar-refractivity contribution in [1.29, 1.82) is 0 Å². The van der Waals surface area contributed by atoms with Crippen molar-refractivity contribution in [2.75, 3.05) is 34.4 Å². The molecule has 3 fully saturated rings. The Morgan fingerprint density at radius 1 is 0.967 bits per heavy atom. The highest BCUT2D eigenvalue weighted by Gasteiger charge is 2.62. The molecular weight excluding hydrogens is 771 g/mol. The molecule has 0 aliphatic carbocycles. The summed E-state index contributed by atoms with van der Waals surface area (Å²) >= 11 is 0. The highest BCUT2D eigenvalue weighted by atomic mass is 16.7. The zero-order chi connectivity index (χ0) is 44.1. The van der Waals surface area contributed by atoms with E-state index in [1.54, 1.807) is 38.1 Å². The second-order valence-electron chi connectivity index (χ2n) is 17.5. The van der Waals surface area contributed by atoms with Gasteiger partial charge in [-0.25, -0.2) is 4.79 Å². The Hall–Kier alpha value is -3.95. The van der Waals surface area contributed by atoms with Crippen LogP contribution in [0.3, 0.4) is 0 Å². The second-order valence-corrected chi connectivity index (χ2v) is 17.5. The number of ether oxygens (including phenoxy) is 6. The third kappa shape index (κ3) is 9.73. The van der Waals surface area contributed by atoms with Crippen LogP contribution in [0, 0.1) is 23.7 Å². The van der Waals surface area contributed by atoms with E-state index >= 15 is 0 Å². The van der Waals surface area contributed by atoms with Crippen LogP contribution >= 0.6 is 0 Å². The molecule has 1 aromatic carbocycles. The molecule has 2 aromatic rings. The number of pyridine rings is 1. The van der Waals surface area contributed by atoms with Gasteiger partial charge >= 0.3 is 12.1 Å². The molecule has 1 unspecified atom stereocenters. The summed E-state index contributed by atoms with van der Waals surface area (Å²) in [5, 5.41) is 11.5. The fourth-order valence-electron chi connectivity index (χ4n) is 9.70. The smallest absolute Gasteiger partial charge is 0.410 e. The molecule has 1 aromatic heterocycles. The summed E-state index contributed by atoms with van der Waals surface area (Å²) in [5.74, 6) is -4.35. The number of rotatable bonds is 12. The normalized spacial score (nSPS) is 35.8. The van der Waals surface area contributed by atoms with E-state index in [0.29, 0.717) is 18.6 Å². The number of hydrogen-bond acceptors (Lipinski definition) is 13. The van der Waals surface area contributed by atoms with Gasteiger partial charge in [0.15, 0.2) is 17.7 Å². The van der Waals surface area contributed by atoms with Crippen molar-refractivity contribution in [2.24, 2.45) is 23.7 Å². The first-order valence-corrected chi connectivity index (χ1v) is 21.5. The van der Waals surface area contributed by atoms with E-state index in [9.17, 15) is 24.3 Å². The van der Waals surface area contributed by atoms with Gasteiger partial charge in [0.05, 0.1) is 30.5 Å². The lowest BCUT2D eigenvalue weighted by molar-refractivity contribution is -0.295. The molecule has 3 aliphatic heterocycles. The van der Waals surface area contributed by atoms with Gasteiger partial charge in [0.25, 0.3) is 0 Å². The number of Topliss-reactive ketones (excluding diaryl/α,β-unsaturated/α-hetero) is 2. The molecule has 14 heteroatoms. The van der Waals surface area contributed by atoms with Gasteiger partial charge in [0.2, 0.25) is 0 Å².